The molecule has 5 heteroatoms. The third-order valence-corrected chi connectivity index (χ3v) is 3.90. The Kier molecular flexibility index (Phi) is 5.76. The average Bonchev–Trinajstić information content (AvgIpc) is 2.39. The highest BCUT2D eigenvalue weighted by Crippen LogP contribution is 2.20. The summed E-state index contributed by atoms with van der Waals surface area (Å²) in [5.41, 5.74) is 0.713. The van der Waals surface area contributed by atoms with Gasteiger partial charge in [0, 0.05) is 42.3 Å². The highest BCUT2D eigenvalue weighted by atomic mass is 79.9. The van der Waals surface area contributed by atoms with Gasteiger partial charge in [0.2, 0.25) is 0 Å². The zero-order valence-corrected chi connectivity index (χ0v) is 12.7. The minimum Gasteiger partial charge on any atom is -0.379 e. The van der Waals surface area contributed by atoms with Gasteiger partial charge in [-0.25, -0.2) is 4.39 Å². The molecule has 0 aliphatic carbocycles. The molecule has 1 unspecified atom stereocenters. The largest absolute Gasteiger partial charge is 0.379 e. The summed E-state index contributed by atoms with van der Waals surface area (Å²) in [4.78, 5) is 2.36. The van der Waals surface area contributed by atoms with Crippen LogP contribution in [0.25, 0.3) is 0 Å². The Morgan fingerprint density at radius 3 is 2.84 bits per heavy atom. The highest BCUT2D eigenvalue weighted by molar-refractivity contribution is 9.10. The van der Waals surface area contributed by atoms with Crippen LogP contribution >= 0.6 is 15.9 Å². The highest BCUT2D eigenvalue weighted by Gasteiger charge is 2.13. The zero-order chi connectivity index (χ0) is 13.7. The Bertz CT molecular complexity index is 410. The summed E-state index contributed by atoms with van der Waals surface area (Å²) in [6.45, 7) is 7.44. The molecule has 3 nitrogen and oxygen atoms in total. The molecule has 1 aliphatic heterocycles. The normalized spacial score (nSPS) is 18.5. The van der Waals surface area contributed by atoms with Gasteiger partial charge in [0.15, 0.2) is 0 Å². The summed E-state index contributed by atoms with van der Waals surface area (Å²) in [6, 6.07) is 5.23. The molecule has 0 bridgehead atoms. The standard InChI is InChI=1S/C14H20BrFN2O/c1-11(13-3-2-12(15)10-14(13)16)17-4-5-18-6-8-19-9-7-18/h2-3,10-11,17H,4-9H2,1H3. The van der Waals surface area contributed by atoms with Crippen LogP contribution in [0.2, 0.25) is 0 Å². The van der Waals surface area contributed by atoms with Crippen LogP contribution < -0.4 is 5.32 Å². The molecule has 19 heavy (non-hydrogen) atoms. The summed E-state index contributed by atoms with van der Waals surface area (Å²) in [6.07, 6.45) is 0. The van der Waals surface area contributed by atoms with Gasteiger partial charge in [0.1, 0.15) is 5.82 Å². The van der Waals surface area contributed by atoms with Crippen LogP contribution in [0, 0.1) is 5.82 Å². The molecule has 0 amide bonds. The van der Waals surface area contributed by atoms with Gasteiger partial charge in [0.25, 0.3) is 0 Å². The van der Waals surface area contributed by atoms with Gasteiger partial charge in [-0.2, -0.15) is 0 Å². The van der Waals surface area contributed by atoms with Crippen molar-refractivity contribution in [2.45, 2.75) is 13.0 Å². The van der Waals surface area contributed by atoms with E-state index in [1.54, 1.807) is 0 Å². The van der Waals surface area contributed by atoms with Gasteiger partial charge < -0.3 is 10.1 Å². The number of rotatable bonds is 5. The summed E-state index contributed by atoms with van der Waals surface area (Å²) < 4.78 is 19.9. The molecule has 1 aliphatic rings. The lowest BCUT2D eigenvalue weighted by atomic mass is 10.1. The summed E-state index contributed by atoms with van der Waals surface area (Å²) in [5.74, 6) is -0.166. The molecule has 0 radical (unpaired) electrons. The third-order valence-electron chi connectivity index (χ3n) is 3.41. The SMILES string of the molecule is CC(NCCN1CCOCC1)c1ccc(Br)cc1F. The van der Waals surface area contributed by atoms with E-state index >= 15 is 0 Å². The van der Waals surface area contributed by atoms with E-state index in [9.17, 15) is 4.39 Å². The first-order chi connectivity index (χ1) is 9.16. The Morgan fingerprint density at radius 1 is 1.42 bits per heavy atom. The number of nitrogens with zero attached hydrogens (tertiary/aromatic N) is 1. The van der Waals surface area contributed by atoms with Crippen molar-refractivity contribution in [3.8, 4) is 0 Å². The van der Waals surface area contributed by atoms with Crippen molar-refractivity contribution in [1.82, 2.24) is 10.2 Å². The number of nitrogens with one attached hydrogen (secondary N) is 1. The summed E-state index contributed by atoms with van der Waals surface area (Å²) in [7, 11) is 0. The van der Waals surface area contributed by atoms with E-state index in [4.69, 9.17) is 4.74 Å². The van der Waals surface area contributed by atoms with E-state index in [0.717, 1.165) is 43.9 Å². The second-order valence-electron chi connectivity index (χ2n) is 4.80. The molecule has 0 spiro atoms. The van der Waals surface area contributed by atoms with E-state index in [2.05, 4.69) is 26.1 Å². The number of benzene rings is 1. The number of morpholine rings is 1. The monoisotopic (exact) mass is 330 g/mol. The molecule has 0 saturated carbocycles. The van der Waals surface area contributed by atoms with Gasteiger partial charge in [-0.3, -0.25) is 4.90 Å². The van der Waals surface area contributed by atoms with Crippen LogP contribution in [0.4, 0.5) is 4.39 Å². The van der Waals surface area contributed by atoms with Crippen molar-refractivity contribution in [2.24, 2.45) is 0 Å². The van der Waals surface area contributed by atoms with E-state index in [1.165, 1.54) is 6.07 Å². The minimum absolute atomic E-state index is 0.0224. The number of halogens is 2. The van der Waals surface area contributed by atoms with Crippen molar-refractivity contribution in [3.63, 3.8) is 0 Å². The molecule has 1 N–H and O–H groups in total. The fourth-order valence-corrected chi connectivity index (χ4v) is 2.56. The first-order valence-corrected chi connectivity index (χ1v) is 7.44. The molecule has 1 saturated heterocycles. The molecule has 106 valence electrons. The Morgan fingerprint density at radius 2 is 2.16 bits per heavy atom. The Balaban J connectivity index is 1.78. The Hall–Kier alpha value is -0.490. The van der Waals surface area contributed by atoms with Crippen LogP contribution in [0.3, 0.4) is 0 Å². The Labute approximate surface area is 122 Å². The maximum Gasteiger partial charge on any atom is 0.129 e. The number of hydrogen-bond acceptors (Lipinski definition) is 3. The van der Waals surface area contributed by atoms with Gasteiger partial charge in [-0.1, -0.05) is 22.0 Å². The second kappa shape index (κ2) is 7.33. The van der Waals surface area contributed by atoms with Crippen LogP contribution in [0.5, 0.6) is 0 Å². The maximum absolute atomic E-state index is 13.8. The number of ether oxygens (including phenoxy) is 1. The van der Waals surface area contributed by atoms with Crippen molar-refractivity contribution < 1.29 is 9.13 Å². The molecular weight excluding hydrogens is 311 g/mol. The lowest BCUT2D eigenvalue weighted by molar-refractivity contribution is 0.0382. The maximum atomic E-state index is 13.8. The van der Waals surface area contributed by atoms with Gasteiger partial charge in [0.05, 0.1) is 13.2 Å². The fraction of sp³-hybridized carbons (Fsp3) is 0.571. The molecule has 1 atom stereocenters. The van der Waals surface area contributed by atoms with Gasteiger partial charge in [-0.05, 0) is 19.1 Å². The fourth-order valence-electron chi connectivity index (χ4n) is 2.23. The topological polar surface area (TPSA) is 24.5 Å². The third kappa shape index (κ3) is 4.53. The van der Waals surface area contributed by atoms with Crippen molar-refractivity contribution in [3.05, 3.63) is 34.1 Å². The van der Waals surface area contributed by atoms with Crippen molar-refractivity contribution in [1.29, 1.82) is 0 Å². The molecule has 0 aromatic heterocycles. The molecule has 1 aromatic carbocycles. The quantitative estimate of drug-likeness (QED) is 0.898. The molecule has 1 aromatic rings. The lowest BCUT2D eigenvalue weighted by Gasteiger charge is -2.27. The zero-order valence-electron chi connectivity index (χ0n) is 11.2. The minimum atomic E-state index is -0.166. The van der Waals surface area contributed by atoms with Crippen LogP contribution in [0.1, 0.15) is 18.5 Å². The molecule has 1 heterocycles. The van der Waals surface area contributed by atoms with Gasteiger partial charge in [-0.15, -0.1) is 0 Å². The van der Waals surface area contributed by atoms with Crippen molar-refractivity contribution in [2.75, 3.05) is 39.4 Å². The first kappa shape index (κ1) is 14.9. The summed E-state index contributed by atoms with van der Waals surface area (Å²) in [5, 5.41) is 3.37. The molecule has 1 fully saturated rings. The van der Waals surface area contributed by atoms with Crippen molar-refractivity contribution >= 4 is 15.9 Å². The van der Waals surface area contributed by atoms with Crippen LogP contribution in [-0.4, -0.2) is 44.3 Å². The van der Waals surface area contributed by atoms with Gasteiger partial charge >= 0.3 is 0 Å². The smallest absolute Gasteiger partial charge is 0.129 e. The lowest BCUT2D eigenvalue weighted by Crippen LogP contribution is -2.40. The predicted molar refractivity (Wildman–Crippen MR) is 77.8 cm³/mol. The average molecular weight is 331 g/mol. The van der Waals surface area contributed by atoms with E-state index < -0.39 is 0 Å². The second-order valence-corrected chi connectivity index (χ2v) is 5.71. The van der Waals surface area contributed by atoms with E-state index in [0.29, 0.717) is 5.56 Å². The predicted octanol–water partition coefficient (Wildman–Crippen LogP) is 2.57. The molecular formula is C14H20BrFN2O. The first-order valence-electron chi connectivity index (χ1n) is 6.65. The molecule has 2 rings (SSSR count). The van der Waals surface area contributed by atoms with E-state index in [1.807, 2.05) is 19.1 Å². The number of hydrogen-bond donors (Lipinski definition) is 1. The van der Waals surface area contributed by atoms with Crippen LogP contribution in [0.15, 0.2) is 22.7 Å². The van der Waals surface area contributed by atoms with Crippen LogP contribution in [-0.2, 0) is 4.74 Å². The van der Waals surface area contributed by atoms with E-state index in [-0.39, 0.29) is 11.9 Å². The summed E-state index contributed by atoms with van der Waals surface area (Å²) >= 11 is 3.27.